The van der Waals surface area contributed by atoms with Gasteiger partial charge >= 0.3 is 0 Å². The Bertz CT molecular complexity index is 480. The highest BCUT2D eigenvalue weighted by atomic mass is 19.1. The van der Waals surface area contributed by atoms with Crippen LogP contribution in [0.4, 0.5) is 10.1 Å². The number of alkyl halides is 1. The van der Waals surface area contributed by atoms with E-state index >= 15 is 0 Å². The molecule has 6 heteroatoms. The van der Waals surface area contributed by atoms with Crippen LogP contribution in [0, 0.1) is 0 Å². The van der Waals surface area contributed by atoms with Crippen LogP contribution in [-0.4, -0.2) is 38.9 Å². The molecule has 0 atom stereocenters. The van der Waals surface area contributed by atoms with Gasteiger partial charge in [-0.05, 0) is 25.5 Å². The van der Waals surface area contributed by atoms with Crippen LogP contribution in [0.3, 0.4) is 0 Å². The van der Waals surface area contributed by atoms with Crippen molar-refractivity contribution in [2.24, 2.45) is 4.99 Å². The number of anilines is 1. The van der Waals surface area contributed by atoms with Crippen molar-refractivity contribution >= 4 is 11.6 Å². The number of halogens is 1. The number of benzene rings is 1. The number of ether oxygens (including phenoxy) is 2. The molecule has 0 fully saturated rings. The summed E-state index contributed by atoms with van der Waals surface area (Å²) < 4.78 is 23.4. The maximum atomic E-state index is 12.1. The van der Waals surface area contributed by atoms with Crippen LogP contribution in [0.2, 0.25) is 0 Å². The molecule has 1 aromatic carbocycles. The van der Waals surface area contributed by atoms with Crippen molar-refractivity contribution in [1.29, 1.82) is 0 Å². The average Bonchev–Trinajstić information content (AvgIpc) is 2.72. The fourth-order valence-corrected chi connectivity index (χ4v) is 1.94. The van der Waals surface area contributed by atoms with Crippen LogP contribution in [0.25, 0.3) is 0 Å². The highest BCUT2D eigenvalue weighted by molar-refractivity contribution is 5.93. The average molecular weight is 295 g/mol. The molecule has 0 aromatic heterocycles. The summed E-state index contributed by atoms with van der Waals surface area (Å²) in [7, 11) is 0. The molecule has 21 heavy (non-hydrogen) atoms. The van der Waals surface area contributed by atoms with Gasteiger partial charge in [0, 0.05) is 31.3 Å². The molecule has 0 bridgehead atoms. The van der Waals surface area contributed by atoms with Gasteiger partial charge in [-0.25, -0.2) is 0 Å². The first-order valence-electron chi connectivity index (χ1n) is 7.34. The molecule has 2 N–H and O–H groups in total. The number of hydrogen-bond acceptors (Lipinski definition) is 3. The monoisotopic (exact) mass is 295 g/mol. The molecule has 1 aliphatic heterocycles. The molecule has 2 rings (SSSR count). The smallest absolute Gasteiger partial charge is 0.195 e. The lowest BCUT2D eigenvalue weighted by atomic mass is 10.3. The zero-order chi connectivity index (χ0) is 14.9. The Balaban J connectivity index is 2.06. The lowest BCUT2D eigenvalue weighted by molar-refractivity contribution is 0.297. The maximum Gasteiger partial charge on any atom is 0.195 e. The van der Waals surface area contributed by atoms with Crippen molar-refractivity contribution < 1.29 is 13.9 Å². The molecule has 0 spiro atoms. The summed E-state index contributed by atoms with van der Waals surface area (Å²) in [6, 6.07) is 5.69. The van der Waals surface area contributed by atoms with Gasteiger partial charge < -0.3 is 20.1 Å². The van der Waals surface area contributed by atoms with Gasteiger partial charge in [-0.1, -0.05) is 0 Å². The number of nitrogens with zero attached hydrogens (tertiary/aromatic N) is 1. The molecule has 0 aliphatic carbocycles. The molecule has 1 aliphatic rings. The van der Waals surface area contributed by atoms with Gasteiger partial charge in [0.25, 0.3) is 0 Å². The summed E-state index contributed by atoms with van der Waals surface area (Å²) in [5.41, 5.74) is 0.860. The first-order chi connectivity index (χ1) is 10.3. The van der Waals surface area contributed by atoms with Crippen molar-refractivity contribution in [3.05, 3.63) is 18.2 Å². The fourth-order valence-electron chi connectivity index (χ4n) is 1.94. The quantitative estimate of drug-likeness (QED) is 0.498. The highest BCUT2D eigenvalue weighted by Gasteiger charge is 2.11. The third kappa shape index (κ3) is 4.81. The first-order valence-corrected chi connectivity index (χ1v) is 7.34. The Hall–Kier alpha value is -1.98. The largest absolute Gasteiger partial charge is 0.490 e. The van der Waals surface area contributed by atoms with Gasteiger partial charge in [-0.2, -0.15) is 0 Å². The van der Waals surface area contributed by atoms with Crippen molar-refractivity contribution in [3.8, 4) is 11.5 Å². The second-order valence-electron chi connectivity index (χ2n) is 4.64. The predicted molar refractivity (Wildman–Crippen MR) is 82.2 cm³/mol. The molecule has 0 radical (unpaired) electrons. The van der Waals surface area contributed by atoms with Crippen molar-refractivity contribution in [1.82, 2.24) is 5.32 Å². The van der Waals surface area contributed by atoms with E-state index in [0.29, 0.717) is 32.1 Å². The molecular weight excluding hydrogens is 273 g/mol. The number of hydrogen-bond donors (Lipinski definition) is 2. The van der Waals surface area contributed by atoms with E-state index in [1.54, 1.807) is 0 Å². The molecule has 116 valence electrons. The Kier molecular flexibility index (Phi) is 6.12. The predicted octanol–water partition coefficient (Wildman–Crippen LogP) is 2.58. The summed E-state index contributed by atoms with van der Waals surface area (Å²) in [6.45, 7) is 4.16. The zero-order valence-corrected chi connectivity index (χ0v) is 12.3. The van der Waals surface area contributed by atoms with Gasteiger partial charge in [0.1, 0.15) is 0 Å². The van der Waals surface area contributed by atoms with E-state index in [4.69, 9.17) is 9.47 Å². The molecule has 1 aromatic rings. The van der Waals surface area contributed by atoms with E-state index in [-0.39, 0.29) is 6.67 Å². The standard InChI is InChI=1S/C15H22FN3O2/c1-2-17-15(18-8-3-7-16)19-12-5-6-13-14(11-12)21-10-4-9-20-13/h5-6,11H,2-4,7-10H2,1H3,(H2,17,18,19). The highest BCUT2D eigenvalue weighted by Crippen LogP contribution is 2.32. The number of aliphatic imine (C=N–C) groups is 1. The molecule has 0 unspecified atom stereocenters. The van der Waals surface area contributed by atoms with E-state index in [0.717, 1.165) is 30.2 Å². The van der Waals surface area contributed by atoms with Crippen molar-refractivity contribution in [2.45, 2.75) is 19.8 Å². The van der Waals surface area contributed by atoms with Gasteiger partial charge in [0.2, 0.25) is 0 Å². The van der Waals surface area contributed by atoms with Crippen LogP contribution in [0.5, 0.6) is 11.5 Å². The van der Waals surface area contributed by atoms with Crippen LogP contribution >= 0.6 is 0 Å². The van der Waals surface area contributed by atoms with Crippen LogP contribution in [0.1, 0.15) is 19.8 Å². The second kappa shape index (κ2) is 8.34. The van der Waals surface area contributed by atoms with E-state index in [9.17, 15) is 4.39 Å². The van der Waals surface area contributed by atoms with Gasteiger partial charge in [0.05, 0.1) is 19.9 Å². The molecule has 0 amide bonds. The van der Waals surface area contributed by atoms with Gasteiger partial charge in [0.15, 0.2) is 17.5 Å². The summed E-state index contributed by atoms with van der Waals surface area (Å²) in [5.74, 6) is 2.13. The lowest BCUT2D eigenvalue weighted by Gasteiger charge is -2.13. The van der Waals surface area contributed by atoms with Crippen LogP contribution in [0.15, 0.2) is 23.2 Å². The Morgan fingerprint density at radius 1 is 1.29 bits per heavy atom. The molecule has 1 heterocycles. The van der Waals surface area contributed by atoms with Crippen molar-refractivity contribution in [2.75, 3.05) is 38.3 Å². The Labute approximate surface area is 124 Å². The lowest BCUT2D eigenvalue weighted by Crippen LogP contribution is -2.30. The maximum absolute atomic E-state index is 12.1. The second-order valence-corrected chi connectivity index (χ2v) is 4.64. The Morgan fingerprint density at radius 2 is 2.10 bits per heavy atom. The van der Waals surface area contributed by atoms with E-state index in [2.05, 4.69) is 15.6 Å². The molecule has 0 saturated heterocycles. The summed E-state index contributed by atoms with van der Waals surface area (Å²) >= 11 is 0. The van der Waals surface area contributed by atoms with E-state index in [1.165, 1.54) is 0 Å². The Morgan fingerprint density at radius 3 is 2.86 bits per heavy atom. The topological polar surface area (TPSA) is 54.9 Å². The minimum absolute atomic E-state index is 0.354. The number of guanidine groups is 1. The number of fused-ring (bicyclic) bond motifs is 1. The SMILES string of the molecule is CCNC(=NCCCF)Nc1ccc2c(c1)OCCCO2. The number of rotatable bonds is 5. The van der Waals surface area contributed by atoms with Crippen molar-refractivity contribution in [3.63, 3.8) is 0 Å². The minimum Gasteiger partial charge on any atom is -0.490 e. The molecule has 0 saturated carbocycles. The number of nitrogens with one attached hydrogen (secondary N) is 2. The third-order valence-corrected chi connectivity index (χ3v) is 2.92. The van der Waals surface area contributed by atoms with E-state index < -0.39 is 0 Å². The fraction of sp³-hybridized carbons (Fsp3) is 0.533. The zero-order valence-electron chi connectivity index (χ0n) is 12.3. The summed E-state index contributed by atoms with van der Waals surface area (Å²) in [4.78, 5) is 4.31. The van der Waals surface area contributed by atoms with Crippen LogP contribution < -0.4 is 20.1 Å². The summed E-state index contributed by atoms with van der Waals surface area (Å²) in [6.07, 6.45) is 1.31. The van der Waals surface area contributed by atoms with Gasteiger partial charge in [-0.15, -0.1) is 0 Å². The third-order valence-electron chi connectivity index (χ3n) is 2.92. The molecular formula is C15H22FN3O2. The first kappa shape index (κ1) is 15.4. The van der Waals surface area contributed by atoms with Gasteiger partial charge in [-0.3, -0.25) is 9.38 Å². The van der Waals surface area contributed by atoms with Crippen LogP contribution in [-0.2, 0) is 0 Å². The molecule has 5 nitrogen and oxygen atoms in total. The minimum atomic E-state index is -0.354. The van der Waals surface area contributed by atoms with E-state index in [1.807, 2.05) is 25.1 Å². The normalized spacial score (nSPS) is 14.5. The summed E-state index contributed by atoms with van der Waals surface area (Å²) in [5, 5.41) is 6.32.